The molecule has 1 rings (SSSR count). The van der Waals surface area contributed by atoms with Crippen LogP contribution in [0.5, 0.6) is 0 Å². The molecule has 4 nitrogen and oxygen atoms in total. The molecule has 0 aromatic rings. The molecule has 4 heteroatoms. The topological polar surface area (TPSA) is 49.6 Å². The average Bonchev–Trinajstić information content (AvgIpc) is 2.58. The number of hydrogen-bond acceptors (Lipinski definition) is 3. The largest absolute Gasteiger partial charge is 0.341 e. The summed E-state index contributed by atoms with van der Waals surface area (Å²) in [6.07, 6.45) is 0. The summed E-state index contributed by atoms with van der Waals surface area (Å²) in [5.74, 6) is 0.709. The third-order valence-electron chi connectivity index (χ3n) is 3.32. The van der Waals surface area contributed by atoms with E-state index in [-0.39, 0.29) is 11.8 Å². The Morgan fingerprint density at radius 1 is 1.53 bits per heavy atom. The lowest BCUT2D eigenvalue weighted by molar-refractivity contribution is -0.133. The van der Waals surface area contributed by atoms with Gasteiger partial charge in [0.05, 0.1) is 0 Å². The molecule has 0 aromatic carbocycles. The molecule has 3 atom stereocenters. The van der Waals surface area contributed by atoms with Crippen LogP contribution in [-0.4, -0.2) is 55.5 Å². The maximum Gasteiger partial charge on any atom is 0.226 e. The van der Waals surface area contributed by atoms with Crippen molar-refractivity contribution in [1.29, 1.82) is 0 Å². The smallest absolute Gasteiger partial charge is 0.226 e. The van der Waals surface area contributed by atoms with Gasteiger partial charge in [-0.05, 0) is 20.0 Å². The lowest BCUT2D eigenvalue weighted by Gasteiger charge is -2.23. The molecule has 0 spiro atoms. The molecule has 0 bridgehead atoms. The molecule has 1 saturated heterocycles. The number of carbonyl (C=O) groups is 1. The monoisotopic (exact) mass is 213 g/mol. The van der Waals surface area contributed by atoms with E-state index in [2.05, 4.69) is 25.9 Å². The second-order valence-electron chi connectivity index (χ2n) is 4.89. The van der Waals surface area contributed by atoms with E-state index in [0.717, 1.165) is 13.1 Å². The molecule has 0 aliphatic carbocycles. The Morgan fingerprint density at radius 3 is 2.53 bits per heavy atom. The molecule has 0 radical (unpaired) electrons. The van der Waals surface area contributed by atoms with Gasteiger partial charge >= 0.3 is 0 Å². The number of likely N-dealkylation sites (N-methyl/N-ethyl adjacent to an activating group) is 1. The van der Waals surface area contributed by atoms with Gasteiger partial charge < -0.3 is 15.5 Å². The fourth-order valence-electron chi connectivity index (χ4n) is 2.21. The third kappa shape index (κ3) is 2.69. The Kier molecular flexibility index (Phi) is 4.11. The standard InChI is InChI=1S/C11H23N3O/c1-8(5-12)11(15)14-6-9(2)10(7-14)13(3)4/h8-10H,5-7,12H2,1-4H3. The summed E-state index contributed by atoms with van der Waals surface area (Å²) < 4.78 is 0. The van der Waals surface area contributed by atoms with E-state index in [1.54, 1.807) is 0 Å². The van der Waals surface area contributed by atoms with Crippen LogP contribution in [-0.2, 0) is 4.79 Å². The van der Waals surface area contributed by atoms with Crippen molar-refractivity contribution in [2.45, 2.75) is 19.9 Å². The van der Waals surface area contributed by atoms with Crippen molar-refractivity contribution in [2.24, 2.45) is 17.6 Å². The van der Waals surface area contributed by atoms with Gasteiger partial charge in [-0.15, -0.1) is 0 Å². The van der Waals surface area contributed by atoms with Gasteiger partial charge in [0.2, 0.25) is 5.91 Å². The van der Waals surface area contributed by atoms with E-state index in [0.29, 0.717) is 18.5 Å². The van der Waals surface area contributed by atoms with Crippen LogP contribution < -0.4 is 5.73 Å². The van der Waals surface area contributed by atoms with Crippen LogP contribution in [0.3, 0.4) is 0 Å². The molecule has 1 aliphatic heterocycles. The molecular formula is C11H23N3O. The zero-order valence-corrected chi connectivity index (χ0v) is 10.2. The highest BCUT2D eigenvalue weighted by molar-refractivity contribution is 5.79. The molecule has 1 aliphatic rings. The van der Waals surface area contributed by atoms with Crippen molar-refractivity contribution in [1.82, 2.24) is 9.80 Å². The van der Waals surface area contributed by atoms with Gasteiger partial charge in [0.1, 0.15) is 0 Å². The van der Waals surface area contributed by atoms with Crippen LogP contribution in [0.25, 0.3) is 0 Å². The summed E-state index contributed by atoms with van der Waals surface area (Å²) in [4.78, 5) is 16.1. The van der Waals surface area contributed by atoms with Crippen LogP contribution in [0.4, 0.5) is 0 Å². The highest BCUT2D eigenvalue weighted by Gasteiger charge is 2.34. The number of hydrogen-bond donors (Lipinski definition) is 1. The molecule has 2 N–H and O–H groups in total. The minimum atomic E-state index is -0.0434. The highest BCUT2D eigenvalue weighted by Crippen LogP contribution is 2.21. The van der Waals surface area contributed by atoms with E-state index < -0.39 is 0 Å². The maximum absolute atomic E-state index is 11.9. The molecule has 1 amide bonds. The summed E-state index contributed by atoms with van der Waals surface area (Å²) in [7, 11) is 4.14. The minimum absolute atomic E-state index is 0.0434. The Balaban J connectivity index is 2.58. The molecule has 1 fully saturated rings. The van der Waals surface area contributed by atoms with Gasteiger partial charge in [-0.2, -0.15) is 0 Å². The van der Waals surface area contributed by atoms with Crippen molar-refractivity contribution < 1.29 is 4.79 Å². The molecule has 1 heterocycles. The van der Waals surface area contributed by atoms with E-state index in [1.807, 2.05) is 11.8 Å². The number of rotatable bonds is 3. The number of nitrogens with zero attached hydrogens (tertiary/aromatic N) is 2. The highest BCUT2D eigenvalue weighted by atomic mass is 16.2. The number of nitrogens with two attached hydrogens (primary N) is 1. The van der Waals surface area contributed by atoms with Gasteiger partial charge in [0, 0.05) is 31.6 Å². The maximum atomic E-state index is 11.9. The number of likely N-dealkylation sites (tertiary alicyclic amines) is 1. The van der Waals surface area contributed by atoms with Crippen LogP contribution in [0.15, 0.2) is 0 Å². The summed E-state index contributed by atoms with van der Waals surface area (Å²) in [5, 5.41) is 0. The summed E-state index contributed by atoms with van der Waals surface area (Å²) >= 11 is 0. The lowest BCUT2D eigenvalue weighted by Crippen LogP contribution is -2.39. The Labute approximate surface area is 92.4 Å². The van der Waals surface area contributed by atoms with Gasteiger partial charge in [-0.3, -0.25) is 4.79 Å². The van der Waals surface area contributed by atoms with Crippen LogP contribution in [0.1, 0.15) is 13.8 Å². The van der Waals surface area contributed by atoms with Crippen LogP contribution in [0, 0.1) is 11.8 Å². The lowest BCUT2D eigenvalue weighted by atomic mass is 10.1. The van der Waals surface area contributed by atoms with Gasteiger partial charge in [0.25, 0.3) is 0 Å². The average molecular weight is 213 g/mol. The van der Waals surface area contributed by atoms with E-state index in [4.69, 9.17) is 5.73 Å². The number of amides is 1. The first-order chi connectivity index (χ1) is 6.97. The van der Waals surface area contributed by atoms with Crippen molar-refractivity contribution in [3.05, 3.63) is 0 Å². The number of carbonyl (C=O) groups excluding carboxylic acids is 1. The van der Waals surface area contributed by atoms with Crippen molar-refractivity contribution in [2.75, 3.05) is 33.7 Å². The van der Waals surface area contributed by atoms with Crippen LogP contribution >= 0.6 is 0 Å². The van der Waals surface area contributed by atoms with E-state index in [1.165, 1.54) is 0 Å². The first-order valence-electron chi connectivity index (χ1n) is 5.62. The van der Waals surface area contributed by atoms with Crippen molar-refractivity contribution >= 4 is 5.91 Å². The second kappa shape index (κ2) is 4.94. The fourth-order valence-corrected chi connectivity index (χ4v) is 2.21. The van der Waals surface area contributed by atoms with Gasteiger partial charge in [-0.25, -0.2) is 0 Å². The third-order valence-corrected chi connectivity index (χ3v) is 3.32. The Hall–Kier alpha value is -0.610. The van der Waals surface area contributed by atoms with E-state index in [9.17, 15) is 4.79 Å². The fraction of sp³-hybridized carbons (Fsp3) is 0.909. The minimum Gasteiger partial charge on any atom is -0.341 e. The first-order valence-corrected chi connectivity index (χ1v) is 5.62. The van der Waals surface area contributed by atoms with Crippen molar-refractivity contribution in [3.8, 4) is 0 Å². The molecule has 0 saturated carbocycles. The second-order valence-corrected chi connectivity index (χ2v) is 4.89. The summed E-state index contributed by atoms with van der Waals surface area (Å²) in [6.45, 7) is 6.25. The Bertz CT molecular complexity index is 230. The molecule has 15 heavy (non-hydrogen) atoms. The SMILES string of the molecule is CC(CN)C(=O)N1CC(C)C(N(C)C)C1. The van der Waals surface area contributed by atoms with Gasteiger partial charge in [0.15, 0.2) is 0 Å². The molecule has 88 valence electrons. The zero-order valence-electron chi connectivity index (χ0n) is 10.2. The predicted molar refractivity (Wildman–Crippen MR) is 61.4 cm³/mol. The quantitative estimate of drug-likeness (QED) is 0.717. The zero-order chi connectivity index (χ0) is 11.6. The Morgan fingerprint density at radius 2 is 2.13 bits per heavy atom. The summed E-state index contributed by atoms with van der Waals surface area (Å²) in [6, 6.07) is 0.485. The van der Waals surface area contributed by atoms with Crippen LogP contribution in [0.2, 0.25) is 0 Å². The molecular weight excluding hydrogens is 190 g/mol. The van der Waals surface area contributed by atoms with Crippen molar-refractivity contribution in [3.63, 3.8) is 0 Å². The summed E-state index contributed by atoms with van der Waals surface area (Å²) in [5.41, 5.74) is 5.51. The normalized spacial score (nSPS) is 28.5. The predicted octanol–water partition coefficient (Wildman–Crippen LogP) is -0.0103. The molecule has 0 aromatic heterocycles. The first kappa shape index (κ1) is 12.5. The van der Waals surface area contributed by atoms with Gasteiger partial charge in [-0.1, -0.05) is 13.8 Å². The van der Waals surface area contributed by atoms with E-state index >= 15 is 0 Å². The molecule has 3 unspecified atom stereocenters.